The topological polar surface area (TPSA) is 46.3 Å². The maximum atomic E-state index is 12.1. The highest BCUT2D eigenvalue weighted by atomic mass is 16.2. The Hall–Kier alpha value is -1.35. The molecule has 0 radical (unpaired) electrons. The molecule has 1 aliphatic rings. The Bertz CT molecular complexity index is 337. The lowest BCUT2D eigenvalue weighted by molar-refractivity contribution is 0.0621. The smallest absolute Gasteiger partial charge is 0.255 e. The van der Waals surface area contributed by atoms with Crippen molar-refractivity contribution in [2.75, 3.05) is 6.54 Å². The van der Waals surface area contributed by atoms with Gasteiger partial charge in [-0.2, -0.15) is 0 Å². The van der Waals surface area contributed by atoms with Crippen LogP contribution in [0.15, 0.2) is 30.3 Å². The first-order valence-corrected chi connectivity index (χ1v) is 5.40. The average molecular weight is 204 g/mol. The van der Waals surface area contributed by atoms with Gasteiger partial charge in [0, 0.05) is 12.1 Å². The minimum atomic E-state index is -0.105. The molecule has 1 heterocycles. The molecule has 3 nitrogen and oxygen atoms in total. The molecule has 1 fully saturated rings. The Morgan fingerprint density at radius 1 is 1.27 bits per heavy atom. The zero-order valence-corrected chi connectivity index (χ0v) is 8.73. The van der Waals surface area contributed by atoms with Crippen LogP contribution in [0.4, 0.5) is 0 Å². The molecule has 15 heavy (non-hydrogen) atoms. The summed E-state index contributed by atoms with van der Waals surface area (Å²) in [5, 5.41) is 0. The summed E-state index contributed by atoms with van der Waals surface area (Å²) in [7, 11) is 0. The minimum Gasteiger partial charge on any atom is -0.323 e. The Morgan fingerprint density at radius 3 is 2.67 bits per heavy atom. The second-order valence-corrected chi connectivity index (χ2v) is 3.93. The highest BCUT2D eigenvalue weighted by Gasteiger charge is 2.24. The summed E-state index contributed by atoms with van der Waals surface area (Å²) in [5.41, 5.74) is 6.65. The van der Waals surface area contributed by atoms with Gasteiger partial charge in [-0.1, -0.05) is 18.2 Å². The summed E-state index contributed by atoms with van der Waals surface area (Å²) in [4.78, 5) is 13.8. The molecule has 1 aromatic rings. The maximum absolute atomic E-state index is 12.1. The van der Waals surface area contributed by atoms with Crippen molar-refractivity contribution in [3.8, 4) is 0 Å². The van der Waals surface area contributed by atoms with E-state index in [0.29, 0.717) is 0 Å². The lowest BCUT2D eigenvalue weighted by Crippen LogP contribution is -2.48. The molecule has 1 saturated heterocycles. The zero-order valence-electron chi connectivity index (χ0n) is 8.73. The summed E-state index contributed by atoms with van der Waals surface area (Å²) in [6, 6.07) is 9.34. The van der Waals surface area contributed by atoms with E-state index in [2.05, 4.69) is 0 Å². The predicted octanol–water partition coefficient (Wildman–Crippen LogP) is 1.60. The van der Waals surface area contributed by atoms with E-state index < -0.39 is 0 Å². The van der Waals surface area contributed by atoms with Gasteiger partial charge in [0.15, 0.2) is 0 Å². The number of benzene rings is 1. The van der Waals surface area contributed by atoms with Gasteiger partial charge in [0.05, 0.1) is 6.17 Å². The van der Waals surface area contributed by atoms with E-state index in [1.54, 1.807) is 4.90 Å². The maximum Gasteiger partial charge on any atom is 0.255 e. The van der Waals surface area contributed by atoms with Crippen molar-refractivity contribution in [3.63, 3.8) is 0 Å². The summed E-state index contributed by atoms with van der Waals surface area (Å²) in [6.45, 7) is 0.787. The molecule has 1 atom stereocenters. The molecule has 3 heteroatoms. The van der Waals surface area contributed by atoms with Crippen molar-refractivity contribution in [3.05, 3.63) is 35.9 Å². The van der Waals surface area contributed by atoms with Crippen LogP contribution in [0.25, 0.3) is 0 Å². The van der Waals surface area contributed by atoms with Gasteiger partial charge in [-0.25, -0.2) is 0 Å². The number of rotatable bonds is 1. The van der Waals surface area contributed by atoms with Crippen LogP contribution in [0.2, 0.25) is 0 Å². The van der Waals surface area contributed by atoms with E-state index in [1.807, 2.05) is 30.3 Å². The molecule has 1 unspecified atom stereocenters. The summed E-state index contributed by atoms with van der Waals surface area (Å²) < 4.78 is 0. The first-order valence-electron chi connectivity index (χ1n) is 5.40. The standard InChI is InChI=1S/C12H16N2O/c13-11-8-4-5-9-14(11)12(15)10-6-2-1-3-7-10/h1-3,6-7,11H,4-5,8-9,13H2. The lowest BCUT2D eigenvalue weighted by Gasteiger charge is -2.33. The number of carbonyl (C=O) groups excluding carboxylic acids is 1. The summed E-state index contributed by atoms with van der Waals surface area (Å²) in [5.74, 6) is 0.0581. The van der Waals surface area contributed by atoms with Gasteiger partial charge in [0.1, 0.15) is 0 Å². The molecule has 80 valence electrons. The van der Waals surface area contributed by atoms with Crippen molar-refractivity contribution in [2.24, 2.45) is 5.73 Å². The SMILES string of the molecule is NC1CCCCN1C(=O)c1ccccc1. The third kappa shape index (κ3) is 2.18. The van der Waals surface area contributed by atoms with E-state index >= 15 is 0 Å². The van der Waals surface area contributed by atoms with Gasteiger partial charge in [0.2, 0.25) is 0 Å². The predicted molar refractivity (Wildman–Crippen MR) is 59.3 cm³/mol. The fraction of sp³-hybridized carbons (Fsp3) is 0.417. The Balaban J connectivity index is 2.13. The number of nitrogens with zero attached hydrogens (tertiary/aromatic N) is 1. The number of piperidine rings is 1. The van der Waals surface area contributed by atoms with Crippen LogP contribution in [0.5, 0.6) is 0 Å². The molecule has 1 aliphatic heterocycles. The fourth-order valence-electron chi connectivity index (χ4n) is 1.96. The van der Waals surface area contributed by atoms with Crippen LogP contribution in [0.1, 0.15) is 29.6 Å². The summed E-state index contributed by atoms with van der Waals surface area (Å²) in [6.07, 6.45) is 3.00. The highest BCUT2D eigenvalue weighted by Crippen LogP contribution is 2.16. The van der Waals surface area contributed by atoms with Gasteiger partial charge in [0.25, 0.3) is 5.91 Å². The number of hydrogen-bond acceptors (Lipinski definition) is 2. The van der Waals surface area contributed by atoms with Gasteiger partial charge in [-0.3, -0.25) is 4.79 Å². The Labute approximate surface area is 89.9 Å². The highest BCUT2D eigenvalue weighted by molar-refractivity contribution is 5.94. The second-order valence-electron chi connectivity index (χ2n) is 3.93. The lowest BCUT2D eigenvalue weighted by atomic mass is 10.1. The molecular formula is C12H16N2O. The average Bonchev–Trinajstić information content (AvgIpc) is 2.30. The van der Waals surface area contributed by atoms with Crippen LogP contribution < -0.4 is 5.73 Å². The molecular weight excluding hydrogens is 188 g/mol. The largest absolute Gasteiger partial charge is 0.323 e. The van der Waals surface area contributed by atoms with Gasteiger partial charge in [-0.05, 0) is 31.4 Å². The van der Waals surface area contributed by atoms with Gasteiger partial charge >= 0.3 is 0 Å². The molecule has 0 aliphatic carbocycles. The van der Waals surface area contributed by atoms with Crippen LogP contribution in [-0.4, -0.2) is 23.5 Å². The third-order valence-corrected chi connectivity index (χ3v) is 2.83. The van der Waals surface area contributed by atoms with Crippen molar-refractivity contribution >= 4 is 5.91 Å². The van der Waals surface area contributed by atoms with Crippen LogP contribution in [0.3, 0.4) is 0 Å². The monoisotopic (exact) mass is 204 g/mol. The number of likely N-dealkylation sites (tertiary alicyclic amines) is 1. The molecule has 1 amide bonds. The van der Waals surface area contributed by atoms with Crippen molar-refractivity contribution in [1.29, 1.82) is 0 Å². The van der Waals surface area contributed by atoms with Gasteiger partial charge < -0.3 is 10.6 Å². The molecule has 0 aromatic heterocycles. The van der Waals surface area contributed by atoms with Crippen molar-refractivity contribution < 1.29 is 4.79 Å². The van der Waals surface area contributed by atoms with E-state index in [0.717, 1.165) is 31.4 Å². The molecule has 2 N–H and O–H groups in total. The van der Waals surface area contributed by atoms with Gasteiger partial charge in [-0.15, -0.1) is 0 Å². The fourth-order valence-corrected chi connectivity index (χ4v) is 1.96. The van der Waals surface area contributed by atoms with Crippen molar-refractivity contribution in [2.45, 2.75) is 25.4 Å². The van der Waals surface area contributed by atoms with E-state index in [-0.39, 0.29) is 12.1 Å². The first-order chi connectivity index (χ1) is 7.29. The first kappa shape index (κ1) is 10.2. The molecule has 1 aromatic carbocycles. The van der Waals surface area contributed by atoms with Crippen molar-refractivity contribution in [1.82, 2.24) is 4.90 Å². The van der Waals surface area contributed by atoms with Crippen LogP contribution in [0, 0.1) is 0 Å². The van der Waals surface area contributed by atoms with Crippen LogP contribution in [-0.2, 0) is 0 Å². The van der Waals surface area contributed by atoms with E-state index in [9.17, 15) is 4.79 Å². The summed E-state index contributed by atoms with van der Waals surface area (Å²) >= 11 is 0. The molecule has 0 saturated carbocycles. The number of hydrogen-bond donors (Lipinski definition) is 1. The minimum absolute atomic E-state index is 0.0581. The van der Waals surface area contributed by atoms with E-state index in [1.165, 1.54) is 0 Å². The number of nitrogens with two attached hydrogens (primary N) is 1. The number of amides is 1. The normalized spacial score (nSPS) is 21.4. The number of carbonyl (C=O) groups is 1. The Kier molecular flexibility index (Phi) is 3.02. The molecule has 0 bridgehead atoms. The van der Waals surface area contributed by atoms with E-state index in [4.69, 9.17) is 5.73 Å². The zero-order chi connectivity index (χ0) is 10.7. The third-order valence-electron chi connectivity index (χ3n) is 2.83. The Morgan fingerprint density at radius 2 is 2.00 bits per heavy atom. The molecule has 2 rings (SSSR count). The quantitative estimate of drug-likeness (QED) is 0.755. The molecule has 0 spiro atoms. The second kappa shape index (κ2) is 4.45. The van der Waals surface area contributed by atoms with Crippen LogP contribution >= 0.6 is 0 Å².